The van der Waals surface area contributed by atoms with Gasteiger partial charge in [-0.1, -0.05) is 29.8 Å². The summed E-state index contributed by atoms with van der Waals surface area (Å²) in [4.78, 5) is 4.54. The van der Waals surface area contributed by atoms with E-state index in [0.29, 0.717) is 10.9 Å². The van der Waals surface area contributed by atoms with Gasteiger partial charge in [0.25, 0.3) is 0 Å². The van der Waals surface area contributed by atoms with Crippen molar-refractivity contribution in [3.63, 3.8) is 0 Å². The summed E-state index contributed by atoms with van der Waals surface area (Å²) in [5, 5.41) is 0.647. The maximum atomic E-state index is 6.21. The number of hydrogen-bond acceptors (Lipinski definition) is 1. The predicted octanol–water partition coefficient (Wildman–Crippen LogP) is 5.02. The molecule has 5 heteroatoms. The SMILES string of the molecule is ClCc1nc2c(Cl)cccc2n1-c1ccccc1I. The summed E-state index contributed by atoms with van der Waals surface area (Å²) in [6.45, 7) is 0. The van der Waals surface area contributed by atoms with Gasteiger partial charge in [-0.3, -0.25) is 4.57 Å². The van der Waals surface area contributed by atoms with Gasteiger partial charge in [0.15, 0.2) is 0 Å². The number of para-hydroxylation sites is 2. The van der Waals surface area contributed by atoms with Gasteiger partial charge in [-0.05, 0) is 46.9 Å². The molecule has 3 rings (SSSR count). The largest absolute Gasteiger partial charge is 0.294 e. The zero-order chi connectivity index (χ0) is 13.4. The lowest BCUT2D eigenvalue weighted by molar-refractivity contribution is 0.977. The number of rotatable bonds is 2. The molecule has 0 radical (unpaired) electrons. The highest BCUT2D eigenvalue weighted by Crippen LogP contribution is 2.29. The summed E-state index contributed by atoms with van der Waals surface area (Å²) in [5.74, 6) is 1.14. The highest BCUT2D eigenvalue weighted by molar-refractivity contribution is 14.1. The maximum absolute atomic E-state index is 6.21. The minimum atomic E-state index is 0.343. The van der Waals surface area contributed by atoms with Crippen molar-refractivity contribution < 1.29 is 0 Å². The van der Waals surface area contributed by atoms with Crippen molar-refractivity contribution in [2.45, 2.75) is 5.88 Å². The van der Waals surface area contributed by atoms with Gasteiger partial charge >= 0.3 is 0 Å². The average molecular weight is 403 g/mol. The number of nitrogens with zero attached hydrogens (tertiary/aromatic N) is 2. The van der Waals surface area contributed by atoms with E-state index in [1.807, 2.05) is 30.3 Å². The number of imidazole rings is 1. The Labute approximate surface area is 134 Å². The molecule has 0 aliphatic rings. The zero-order valence-electron chi connectivity index (χ0n) is 9.78. The van der Waals surface area contributed by atoms with Crippen LogP contribution >= 0.6 is 45.8 Å². The second-order valence-electron chi connectivity index (χ2n) is 4.06. The first kappa shape index (κ1) is 13.2. The zero-order valence-corrected chi connectivity index (χ0v) is 13.4. The van der Waals surface area contributed by atoms with Crippen molar-refractivity contribution >= 4 is 56.8 Å². The van der Waals surface area contributed by atoms with E-state index in [1.54, 1.807) is 0 Å². The van der Waals surface area contributed by atoms with Gasteiger partial charge in [-0.25, -0.2) is 4.98 Å². The molecule has 2 aromatic carbocycles. The summed E-state index contributed by atoms with van der Waals surface area (Å²) in [7, 11) is 0. The quantitative estimate of drug-likeness (QED) is 0.434. The van der Waals surface area contributed by atoms with Crippen LogP contribution in [0.15, 0.2) is 42.5 Å². The molecule has 1 aromatic heterocycles. The number of aromatic nitrogens is 2. The molecule has 0 amide bonds. The Hall–Kier alpha value is -0.780. The number of halogens is 3. The van der Waals surface area contributed by atoms with E-state index in [0.717, 1.165) is 26.1 Å². The lowest BCUT2D eigenvalue weighted by Gasteiger charge is -2.09. The van der Waals surface area contributed by atoms with Gasteiger partial charge < -0.3 is 0 Å². The number of alkyl halides is 1. The Morgan fingerprint density at radius 3 is 2.63 bits per heavy atom. The fraction of sp³-hybridized carbons (Fsp3) is 0.0714. The molecule has 0 unspecified atom stereocenters. The molecule has 0 aliphatic carbocycles. The molecule has 0 spiro atoms. The molecule has 0 aliphatic heterocycles. The molecule has 1 heterocycles. The first-order valence-corrected chi connectivity index (χ1v) is 7.68. The molecule has 19 heavy (non-hydrogen) atoms. The summed E-state index contributed by atoms with van der Waals surface area (Å²) in [6, 6.07) is 13.9. The molecule has 0 bridgehead atoms. The van der Waals surface area contributed by atoms with Crippen molar-refractivity contribution in [1.29, 1.82) is 0 Å². The normalized spacial score (nSPS) is 11.1. The maximum Gasteiger partial charge on any atom is 0.129 e. The first-order valence-electron chi connectivity index (χ1n) is 5.69. The topological polar surface area (TPSA) is 17.8 Å². The van der Waals surface area contributed by atoms with E-state index < -0.39 is 0 Å². The average Bonchev–Trinajstić information content (AvgIpc) is 2.79. The Balaban J connectivity index is 2.40. The molecule has 0 fully saturated rings. The van der Waals surface area contributed by atoms with Crippen molar-refractivity contribution in [1.82, 2.24) is 9.55 Å². The third kappa shape index (κ3) is 2.24. The molecular formula is C14H9Cl2IN2. The van der Waals surface area contributed by atoms with Gasteiger partial charge in [-0.15, -0.1) is 11.6 Å². The summed E-state index contributed by atoms with van der Waals surface area (Å²) < 4.78 is 3.21. The van der Waals surface area contributed by atoms with Gasteiger partial charge in [0.05, 0.1) is 22.1 Å². The van der Waals surface area contributed by atoms with Crippen LogP contribution < -0.4 is 0 Å². The lowest BCUT2D eigenvalue weighted by Crippen LogP contribution is -2.01. The number of fused-ring (bicyclic) bond motifs is 1. The Bertz CT molecular complexity index is 752. The van der Waals surface area contributed by atoms with E-state index in [4.69, 9.17) is 23.2 Å². The van der Waals surface area contributed by atoms with Crippen LogP contribution in [0.5, 0.6) is 0 Å². The predicted molar refractivity (Wildman–Crippen MR) is 88.4 cm³/mol. The molecule has 0 N–H and O–H groups in total. The van der Waals surface area contributed by atoms with E-state index >= 15 is 0 Å². The van der Waals surface area contributed by atoms with Crippen molar-refractivity contribution in [2.75, 3.05) is 0 Å². The van der Waals surface area contributed by atoms with Crippen LogP contribution in [0.4, 0.5) is 0 Å². The molecule has 3 aromatic rings. The number of hydrogen-bond donors (Lipinski definition) is 0. The molecule has 2 nitrogen and oxygen atoms in total. The third-order valence-electron chi connectivity index (χ3n) is 2.92. The Morgan fingerprint density at radius 1 is 1.11 bits per heavy atom. The van der Waals surface area contributed by atoms with Gasteiger partial charge in [0, 0.05) is 3.57 Å². The van der Waals surface area contributed by atoms with Crippen LogP contribution in [-0.2, 0) is 5.88 Å². The standard InChI is InChI=1S/C14H9Cl2IN2/c15-8-13-18-14-9(16)4-3-7-12(14)19(13)11-6-2-1-5-10(11)17/h1-7H,8H2. The van der Waals surface area contributed by atoms with Gasteiger partial charge in [-0.2, -0.15) is 0 Å². The first-order chi connectivity index (χ1) is 9.22. The van der Waals surface area contributed by atoms with Crippen LogP contribution in [0.25, 0.3) is 16.7 Å². The highest BCUT2D eigenvalue weighted by atomic mass is 127. The smallest absolute Gasteiger partial charge is 0.129 e. The molecule has 0 atom stereocenters. The van der Waals surface area contributed by atoms with Crippen molar-refractivity contribution in [3.8, 4) is 5.69 Å². The lowest BCUT2D eigenvalue weighted by atomic mass is 10.3. The van der Waals surface area contributed by atoms with Crippen molar-refractivity contribution in [2.24, 2.45) is 0 Å². The van der Waals surface area contributed by atoms with Crippen LogP contribution in [-0.4, -0.2) is 9.55 Å². The monoisotopic (exact) mass is 402 g/mol. The minimum Gasteiger partial charge on any atom is -0.294 e. The minimum absolute atomic E-state index is 0.343. The Kier molecular flexibility index (Phi) is 3.69. The fourth-order valence-electron chi connectivity index (χ4n) is 2.10. The van der Waals surface area contributed by atoms with Gasteiger partial charge in [0.2, 0.25) is 0 Å². The molecule has 96 valence electrons. The molecule has 0 saturated heterocycles. The van der Waals surface area contributed by atoms with Gasteiger partial charge in [0.1, 0.15) is 11.3 Å². The summed E-state index contributed by atoms with van der Waals surface area (Å²) >= 11 is 14.5. The van der Waals surface area contributed by atoms with E-state index in [-0.39, 0.29) is 0 Å². The summed E-state index contributed by atoms with van der Waals surface area (Å²) in [6.07, 6.45) is 0. The fourth-order valence-corrected chi connectivity index (χ4v) is 3.12. The van der Waals surface area contributed by atoms with Crippen LogP contribution in [0.2, 0.25) is 5.02 Å². The van der Waals surface area contributed by atoms with E-state index in [1.165, 1.54) is 0 Å². The van der Waals surface area contributed by atoms with Crippen LogP contribution in [0, 0.1) is 3.57 Å². The summed E-state index contributed by atoms with van der Waals surface area (Å²) in [5.41, 5.74) is 2.84. The van der Waals surface area contributed by atoms with E-state index in [2.05, 4.69) is 44.3 Å². The van der Waals surface area contributed by atoms with Crippen LogP contribution in [0.1, 0.15) is 5.82 Å². The highest BCUT2D eigenvalue weighted by Gasteiger charge is 2.14. The van der Waals surface area contributed by atoms with Crippen LogP contribution in [0.3, 0.4) is 0 Å². The second kappa shape index (κ2) is 5.31. The second-order valence-corrected chi connectivity index (χ2v) is 5.89. The third-order valence-corrected chi connectivity index (χ3v) is 4.37. The molecular weight excluding hydrogens is 394 g/mol. The Morgan fingerprint density at radius 2 is 1.89 bits per heavy atom. The number of benzene rings is 2. The van der Waals surface area contributed by atoms with E-state index in [9.17, 15) is 0 Å². The van der Waals surface area contributed by atoms with Crippen molar-refractivity contribution in [3.05, 3.63) is 56.9 Å². The molecule has 0 saturated carbocycles.